The molecule has 0 aromatic heterocycles. The lowest BCUT2D eigenvalue weighted by Crippen LogP contribution is -2.35. The molecular weight excluding hydrogens is 240 g/mol. The molecule has 0 radical (unpaired) electrons. The third-order valence-corrected chi connectivity index (χ3v) is 5.33. The van der Waals surface area contributed by atoms with Crippen molar-refractivity contribution in [3.63, 3.8) is 0 Å². The van der Waals surface area contributed by atoms with Gasteiger partial charge in [-0.3, -0.25) is 4.79 Å². The summed E-state index contributed by atoms with van der Waals surface area (Å²) in [6, 6.07) is 0.516. The van der Waals surface area contributed by atoms with Gasteiger partial charge in [0.05, 0.1) is 17.4 Å². The average Bonchev–Trinajstić information content (AvgIpc) is 2.87. The zero-order valence-corrected chi connectivity index (χ0v) is 10.8. The zero-order valence-electron chi connectivity index (χ0n) is 9.94. The highest BCUT2D eigenvalue weighted by Crippen LogP contribution is 2.18. The highest BCUT2D eigenvalue weighted by molar-refractivity contribution is 7.91. The van der Waals surface area contributed by atoms with Crippen LogP contribution in [0, 0.1) is 5.92 Å². The van der Waals surface area contributed by atoms with Crippen LogP contribution in [-0.4, -0.2) is 45.0 Å². The molecule has 98 valence electrons. The predicted octanol–water partition coefficient (Wildman–Crippen LogP) is -0.321. The van der Waals surface area contributed by atoms with E-state index < -0.39 is 9.84 Å². The van der Waals surface area contributed by atoms with Gasteiger partial charge in [-0.25, -0.2) is 8.42 Å². The van der Waals surface area contributed by atoms with Crippen molar-refractivity contribution in [1.82, 2.24) is 10.6 Å². The molecule has 6 heteroatoms. The first-order valence-corrected chi connectivity index (χ1v) is 8.10. The van der Waals surface area contributed by atoms with Crippen LogP contribution in [0.25, 0.3) is 0 Å². The number of carbonyl (C=O) groups excluding carboxylic acids is 1. The van der Waals surface area contributed by atoms with Gasteiger partial charge in [0.1, 0.15) is 0 Å². The highest BCUT2D eigenvalue weighted by atomic mass is 32.2. The number of hydrogen-bond acceptors (Lipinski definition) is 4. The number of sulfone groups is 1. The molecule has 5 nitrogen and oxygen atoms in total. The predicted molar refractivity (Wildman–Crippen MR) is 65.4 cm³/mol. The van der Waals surface area contributed by atoms with Gasteiger partial charge in [-0.1, -0.05) is 0 Å². The quantitative estimate of drug-likeness (QED) is 0.726. The van der Waals surface area contributed by atoms with E-state index in [1.165, 1.54) is 12.8 Å². The summed E-state index contributed by atoms with van der Waals surface area (Å²) in [7, 11) is -2.95. The Morgan fingerprint density at radius 1 is 1.35 bits per heavy atom. The van der Waals surface area contributed by atoms with E-state index in [4.69, 9.17) is 0 Å². The smallest absolute Gasteiger partial charge is 0.224 e. The van der Waals surface area contributed by atoms with Gasteiger partial charge >= 0.3 is 0 Å². The molecule has 17 heavy (non-hydrogen) atoms. The fraction of sp³-hybridized carbons (Fsp3) is 0.909. The number of amides is 1. The fourth-order valence-corrected chi connectivity index (χ4v) is 4.26. The number of hydrogen-bond donors (Lipinski definition) is 2. The number of rotatable bonds is 4. The molecule has 2 atom stereocenters. The van der Waals surface area contributed by atoms with Gasteiger partial charge in [0.25, 0.3) is 0 Å². The van der Waals surface area contributed by atoms with Crippen molar-refractivity contribution < 1.29 is 13.2 Å². The molecule has 2 N–H and O–H groups in total. The number of nitrogens with one attached hydrogen (secondary N) is 2. The van der Waals surface area contributed by atoms with E-state index in [1.807, 2.05) is 0 Å². The van der Waals surface area contributed by atoms with E-state index in [0.29, 0.717) is 19.0 Å². The second-order valence-electron chi connectivity index (χ2n) is 4.97. The maximum absolute atomic E-state index is 11.7. The minimum absolute atomic E-state index is 0.0283. The van der Waals surface area contributed by atoms with Crippen LogP contribution < -0.4 is 10.6 Å². The maximum Gasteiger partial charge on any atom is 0.224 e. The van der Waals surface area contributed by atoms with E-state index in [0.717, 1.165) is 13.0 Å². The summed E-state index contributed by atoms with van der Waals surface area (Å²) in [6.07, 6.45) is 3.80. The Balaban J connectivity index is 1.67. The topological polar surface area (TPSA) is 75.3 Å². The van der Waals surface area contributed by atoms with Gasteiger partial charge in [-0.2, -0.15) is 0 Å². The molecule has 0 bridgehead atoms. The van der Waals surface area contributed by atoms with Crippen LogP contribution in [-0.2, 0) is 14.6 Å². The lowest BCUT2D eigenvalue weighted by atomic mass is 10.1. The van der Waals surface area contributed by atoms with E-state index in [9.17, 15) is 13.2 Å². The molecule has 2 heterocycles. The molecule has 0 aliphatic carbocycles. The van der Waals surface area contributed by atoms with Gasteiger partial charge in [0.2, 0.25) is 5.91 Å². The fourth-order valence-electron chi connectivity index (χ4n) is 2.52. The van der Waals surface area contributed by atoms with Crippen molar-refractivity contribution in [2.75, 3.05) is 24.6 Å². The first-order valence-electron chi connectivity index (χ1n) is 6.28. The van der Waals surface area contributed by atoms with Crippen LogP contribution in [0.15, 0.2) is 0 Å². The lowest BCUT2D eigenvalue weighted by molar-refractivity contribution is -0.124. The minimum Gasteiger partial charge on any atom is -0.356 e. The lowest BCUT2D eigenvalue weighted by Gasteiger charge is -2.12. The Morgan fingerprint density at radius 2 is 2.18 bits per heavy atom. The van der Waals surface area contributed by atoms with Crippen molar-refractivity contribution in [2.45, 2.75) is 31.7 Å². The van der Waals surface area contributed by atoms with Gasteiger partial charge in [0, 0.05) is 12.6 Å². The molecule has 2 aliphatic rings. The molecule has 0 saturated carbocycles. The Labute approximate surface area is 102 Å². The van der Waals surface area contributed by atoms with E-state index >= 15 is 0 Å². The van der Waals surface area contributed by atoms with E-state index in [1.54, 1.807) is 0 Å². The van der Waals surface area contributed by atoms with E-state index in [-0.39, 0.29) is 23.3 Å². The van der Waals surface area contributed by atoms with Crippen LogP contribution in [0.4, 0.5) is 0 Å². The summed E-state index contributed by atoms with van der Waals surface area (Å²) in [5.41, 5.74) is 0. The molecule has 0 aromatic carbocycles. The van der Waals surface area contributed by atoms with Gasteiger partial charge < -0.3 is 10.6 Å². The maximum atomic E-state index is 11.7. The molecule has 1 unspecified atom stereocenters. The molecule has 2 aliphatic heterocycles. The Kier molecular flexibility index (Phi) is 4.04. The standard InChI is InChI=1S/C11H20N2O3S/c14-11(9-4-7-17(15,16)8-9)13-6-3-10-2-1-5-12-10/h9-10,12H,1-8H2,(H,13,14)/t9?,10-/m1/s1. The Bertz CT molecular complexity index is 374. The van der Waals surface area contributed by atoms with Crippen molar-refractivity contribution in [2.24, 2.45) is 5.92 Å². The number of carbonyl (C=O) groups is 1. The molecule has 1 amide bonds. The molecule has 2 saturated heterocycles. The summed E-state index contributed by atoms with van der Waals surface area (Å²) < 4.78 is 22.5. The Morgan fingerprint density at radius 3 is 2.76 bits per heavy atom. The normalized spacial score (nSPS) is 31.5. The SMILES string of the molecule is O=C(NCC[C@H]1CCCN1)C1CCS(=O)(=O)C1. The van der Waals surface area contributed by atoms with Gasteiger partial charge in [-0.05, 0) is 32.2 Å². The van der Waals surface area contributed by atoms with Gasteiger partial charge in [0.15, 0.2) is 9.84 Å². The average molecular weight is 260 g/mol. The second kappa shape index (κ2) is 5.35. The zero-order chi connectivity index (χ0) is 12.3. The molecule has 0 spiro atoms. The molecular formula is C11H20N2O3S. The second-order valence-corrected chi connectivity index (χ2v) is 7.20. The van der Waals surface area contributed by atoms with Crippen molar-refractivity contribution >= 4 is 15.7 Å². The highest BCUT2D eigenvalue weighted by Gasteiger charge is 2.32. The van der Waals surface area contributed by atoms with Crippen LogP contribution in [0.3, 0.4) is 0 Å². The first-order chi connectivity index (χ1) is 8.07. The first kappa shape index (κ1) is 12.8. The molecule has 0 aromatic rings. The molecule has 2 rings (SSSR count). The summed E-state index contributed by atoms with van der Waals surface area (Å²) >= 11 is 0. The third kappa shape index (κ3) is 3.67. The van der Waals surface area contributed by atoms with Crippen LogP contribution in [0.1, 0.15) is 25.7 Å². The summed E-state index contributed by atoms with van der Waals surface area (Å²) in [5, 5.41) is 6.21. The van der Waals surface area contributed by atoms with Crippen LogP contribution in [0.5, 0.6) is 0 Å². The van der Waals surface area contributed by atoms with Crippen molar-refractivity contribution in [3.05, 3.63) is 0 Å². The summed E-state index contributed by atoms with van der Waals surface area (Å²) in [4.78, 5) is 11.7. The van der Waals surface area contributed by atoms with Crippen molar-refractivity contribution in [3.8, 4) is 0 Å². The van der Waals surface area contributed by atoms with E-state index in [2.05, 4.69) is 10.6 Å². The third-order valence-electron chi connectivity index (χ3n) is 3.56. The largest absolute Gasteiger partial charge is 0.356 e. The van der Waals surface area contributed by atoms with Crippen LogP contribution >= 0.6 is 0 Å². The van der Waals surface area contributed by atoms with Gasteiger partial charge in [-0.15, -0.1) is 0 Å². The minimum atomic E-state index is -2.95. The van der Waals surface area contributed by atoms with Crippen molar-refractivity contribution in [1.29, 1.82) is 0 Å². The summed E-state index contributed by atoms with van der Waals surface area (Å²) in [6.45, 7) is 1.71. The monoisotopic (exact) mass is 260 g/mol. The molecule has 2 fully saturated rings. The summed E-state index contributed by atoms with van der Waals surface area (Å²) in [5.74, 6) is -0.226. The van der Waals surface area contributed by atoms with Crippen LogP contribution in [0.2, 0.25) is 0 Å². The Hall–Kier alpha value is -0.620.